The number of ketones is 2. The SMILES string of the molecule is C=C1CC[C@@H]2CC[C@@H]3O[C@@H](CC[C@@]45C[C@H]6OC7C(O[C@H]8CC[C@H](CC(=O)C[C@@H]9[C@@H](OC)[C@@H](C[C@H](O)CNC(=O)OCc%10ccc(CC(=O)[C@H](CCCNC(N)=O)NC(=O)[C@@H](NC(C)=O)C(C)C)cc%10)O[C@H]9C[C@H]1O2)O[C@@H]8[C@@H]7O4)[C@H]6O5)CC3C. The zero-order valence-corrected chi connectivity index (χ0v) is 48.8. The van der Waals surface area contributed by atoms with Crippen molar-refractivity contribution in [3.8, 4) is 0 Å². The highest BCUT2D eigenvalue weighted by molar-refractivity contribution is 5.93. The Morgan fingerprint density at radius 1 is 0.795 bits per heavy atom. The molecule has 10 fully saturated rings. The summed E-state index contributed by atoms with van der Waals surface area (Å²) >= 11 is 0. The molecule has 0 radical (unpaired) electrons. The van der Waals surface area contributed by atoms with Crippen molar-refractivity contribution < 1.29 is 81.2 Å². The minimum absolute atomic E-state index is 0.00517. The third kappa shape index (κ3) is 14.8. The van der Waals surface area contributed by atoms with Crippen molar-refractivity contribution in [2.24, 2.45) is 23.5 Å². The van der Waals surface area contributed by atoms with Gasteiger partial charge in [0, 0.05) is 78.0 Å². The number of aliphatic hydroxyl groups excluding tert-OH is 1. The molecule has 0 saturated carbocycles. The van der Waals surface area contributed by atoms with Crippen LogP contribution in [0.5, 0.6) is 0 Å². The smallest absolute Gasteiger partial charge is 0.407 e. The van der Waals surface area contributed by atoms with Gasteiger partial charge in [-0.1, -0.05) is 51.6 Å². The number of rotatable bonds is 18. The Bertz CT molecular complexity index is 2480. The van der Waals surface area contributed by atoms with Crippen LogP contribution in [0, 0.1) is 17.8 Å². The highest BCUT2D eigenvalue weighted by Crippen LogP contribution is 2.54. The normalized spacial score (nSPS) is 37.6. The van der Waals surface area contributed by atoms with E-state index in [9.17, 15) is 33.9 Å². The van der Waals surface area contributed by atoms with E-state index in [-0.39, 0.29) is 142 Å². The first kappa shape index (κ1) is 61.5. The van der Waals surface area contributed by atoms with Crippen LogP contribution < -0.4 is 27.0 Å². The van der Waals surface area contributed by atoms with E-state index >= 15 is 0 Å². The Balaban J connectivity index is 0.749. The van der Waals surface area contributed by atoms with Crippen LogP contribution >= 0.6 is 0 Å². The Hall–Kier alpha value is -4.62. The second-order valence-corrected chi connectivity index (χ2v) is 25.4. The van der Waals surface area contributed by atoms with Crippen LogP contribution in [-0.4, -0.2) is 176 Å². The van der Waals surface area contributed by atoms with Gasteiger partial charge in [-0.2, -0.15) is 0 Å². The van der Waals surface area contributed by atoms with E-state index in [4.69, 9.17) is 53.1 Å². The van der Waals surface area contributed by atoms with Crippen LogP contribution in [-0.2, 0) is 79.6 Å². The molecule has 460 valence electrons. The lowest BCUT2D eigenvalue weighted by molar-refractivity contribution is -0.292. The zero-order valence-electron chi connectivity index (χ0n) is 48.8. The molecular weight excluding hydrogens is 1070 g/mol. The minimum Gasteiger partial charge on any atom is -0.445 e. The van der Waals surface area contributed by atoms with Crippen molar-refractivity contribution in [2.75, 3.05) is 20.2 Å². The van der Waals surface area contributed by atoms with Crippen LogP contribution in [0.25, 0.3) is 0 Å². The second-order valence-electron chi connectivity index (χ2n) is 25.4. The molecule has 5 amide bonds. The van der Waals surface area contributed by atoms with Crippen molar-refractivity contribution in [3.63, 3.8) is 0 Å². The van der Waals surface area contributed by atoms with Gasteiger partial charge in [0.05, 0.1) is 73.2 Å². The largest absolute Gasteiger partial charge is 0.445 e. The Morgan fingerprint density at radius 3 is 2.29 bits per heavy atom. The highest BCUT2D eigenvalue weighted by Gasteiger charge is 2.69. The summed E-state index contributed by atoms with van der Waals surface area (Å²) in [7, 11) is 1.60. The van der Waals surface area contributed by atoms with Crippen LogP contribution in [0.1, 0.15) is 142 Å². The van der Waals surface area contributed by atoms with Gasteiger partial charge in [0.15, 0.2) is 11.6 Å². The van der Waals surface area contributed by atoms with E-state index in [0.29, 0.717) is 49.1 Å². The fraction of sp³-hybridized carbons (Fsp3) is 0.770. The van der Waals surface area contributed by atoms with Gasteiger partial charge in [-0.15, -0.1) is 0 Å². The van der Waals surface area contributed by atoms with Crippen molar-refractivity contribution in [3.05, 3.63) is 47.5 Å². The van der Waals surface area contributed by atoms with Gasteiger partial charge in [-0.3, -0.25) is 19.2 Å². The number of fused-ring (bicyclic) bond motifs is 6. The summed E-state index contributed by atoms with van der Waals surface area (Å²) in [5, 5.41) is 22.0. The molecule has 0 aromatic heterocycles. The molecule has 7 N–H and O–H groups in total. The Labute approximate surface area is 486 Å². The Kier molecular flexibility index (Phi) is 20.0. The molecule has 1 spiro atoms. The molecule has 12 bridgehead atoms. The maximum Gasteiger partial charge on any atom is 0.407 e. The van der Waals surface area contributed by atoms with Crippen molar-refractivity contribution in [2.45, 2.75) is 259 Å². The number of nitrogens with two attached hydrogens (primary N) is 1. The number of ether oxygens (including phenoxy) is 10. The summed E-state index contributed by atoms with van der Waals surface area (Å²) < 4.78 is 66.3. The van der Waals surface area contributed by atoms with Gasteiger partial charge in [-0.05, 0) is 92.7 Å². The average molecular weight is 1160 g/mol. The van der Waals surface area contributed by atoms with Gasteiger partial charge in [0.25, 0.3) is 0 Å². The summed E-state index contributed by atoms with van der Waals surface area (Å²) in [5.41, 5.74) is 7.48. The number of amides is 5. The molecule has 0 aliphatic carbocycles. The lowest BCUT2D eigenvalue weighted by Gasteiger charge is -2.47. The molecule has 11 rings (SSSR count). The van der Waals surface area contributed by atoms with Gasteiger partial charge in [0.2, 0.25) is 11.8 Å². The van der Waals surface area contributed by atoms with E-state index in [1.807, 2.05) is 0 Å². The second kappa shape index (κ2) is 27.0. The molecule has 1 aromatic carbocycles. The topological polar surface area (TPSA) is 289 Å². The predicted molar refractivity (Wildman–Crippen MR) is 297 cm³/mol. The molecule has 10 aliphatic rings. The van der Waals surface area contributed by atoms with Crippen LogP contribution in [0.15, 0.2) is 36.4 Å². The molecule has 83 heavy (non-hydrogen) atoms. The molecule has 10 aliphatic heterocycles. The minimum atomic E-state index is -1.06. The summed E-state index contributed by atoms with van der Waals surface area (Å²) in [6.07, 6.45) is 3.59. The summed E-state index contributed by atoms with van der Waals surface area (Å²) in [4.78, 5) is 77.4. The maximum atomic E-state index is 14.4. The number of methoxy groups -OCH3 is 1. The molecule has 10 heterocycles. The monoisotopic (exact) mass is 1160 g/mol. The van der Waals surface area contributed by atoms with Crippen molar-refractivity contribution in [1.29, 1.82) is 0 Å². The lowest BCUT2D eigenvalue weighted by Crippen LogP contribution is -2.61. The first-order chi connectivity index (χ1) is 39.8. The first-order valence-electron chi connectivity index (χ1n) is 30.6. The number of benzene rings is 1. The zero-order chi connectivity index (χ0) is 58.7. The number of primary amides is 1. The average Bonchev–Trinajstić information content (AvgIpc) is 1.81. The number of Topliss-reactive ketones (excluding diaryl/α,β-unsaturated/α-hetero) is 2. The van der Waals surface area contributed by atoms with Gasteiger partial charge < -0.3 is 79.5 Å². The number of hydrogen-bond donors (Lipinski definition) is 6. The molecule has 21 atom stereocenters. The van der Waals surface area contributed by atoms with E-state index in [0.717, 1.165) is 50.5 Å². The fourth-order valence-electron chi connectivity index (χ4n) is 14.6. The quantitative estimate of drug-likeness (QED) is 0.0875. The molecule has 3 unspecified atom stereocenters. The summed E-state index contributed by atoms with van der Waals surface area (Å²) in [6.45, 7) is 11.6. The predicted octanol–water partition coefficient (Wildman–Crippen LogP) is 4.45. The number of carbonyl (C=O) groups is 6. The molecule has 10 saturated heterocycles. The van der Waals surface area contributed by atoms with Crippen LogP contribution in [0.2, 0.25) is 0 Å². The molecule has 22 heteroatoms. The number of nitrogens with one attached hydrogen (secondary N) is 4. The highest BCUT2D eigenvalue weighted by atomic mass is 16.8. The molecule has 22 nitrogen and oxygen atoms in total. The van der Waals surface area contributed by atoms with E-state index in [1.54, 1.807) is 45.2 Å². The maximum absolute atomic E-state index is 14.4. The first-order valence-corrected chi connectivity index (χ1v) is 30.6. The standard InChI is InChI=1S/C61H89N5O17/c1-31(2)51(65-34(5)67)58(71)66-43(8-7-21-63-59(62)72)44(70)23-35-10-12-36(13-11-35)30-75-60(73)64-29-38(69)26-49-52(74-6)42-25-37(68)24-40-16-18-46-53(78-40)57-56-55(80-46)54-50(81-56)28-61(82-54,83-57)20-19-41-22-33(4)45(77-41)17-15-39-14-9-32(3)47(76-39)27-48(42)79-49/h10-13,31,33,38-43,45-57,69H,3,7-9,14-30H2,1-2,4-6H3,(H,64,73)(H,65,67)(H,66,71)(H3,62,63,72)/t33?,38-,39+,40+,41-,42-,43-,45-,46-,47+,48-,49+,50+,51-,52+,53-,54-,55?,56?,57-,61-/m0/s1. The van der Waals surface area contributed by atoms with Gasteiger partial charge >= 0.3 is 12.1 Å². The molecular formula is C61H89N5O17. The van der Waals surface area contributed by atoms with E-state index in [2.05, 4.69) is 34.8 Å². The van der Waals surface area contributed by atoms with E-state index < -0.39 is 72.5 Å². The summed E-state index contributed by atoms with van der Waals surface area (Å²) in [5.74, 6) is -2.17. The summed E-state index contributed by atoms with van der Waals surface area (Å²) in [6, 6.07) is 4.46. The van der Waals surface area contributed by atoms with Crippen LogP contribution in [0.4, 0.5) is 9.59 Å². The van der Waals surface area contributed by atoms with E-state index in [1.165, 1.54) is 6.92 Å². The number of hydrogen-bond acceptors (Lipinski definition) is 17. The lowest BCUT2D eigenvalue weighted by atomic mass is 9.83. The fourth-order valence-corrected chi connectivity index (χ4v) is 14.6. The third-order valence-electron chi connectivity index (χ3n) is 18.9. The number of aliphatic hydroxyl groups is 1. The van der Waals surface area contributed by atoms with Crippen molar-refractivity contribution >= 4 is 35.5 Å². The Morgan fingerprint density at radius 2 is 1.53 bits per heavy atom. The third-order valence-corrected chi connectivity index (χ3v) is 18.9. The molecule has 1 aromatic rings. The van der Waals surface area contributed by atoms with Gasteiger partial charge in [-0.25, -0.2) is 9.59 Å². The van der Waals surface area contributed by atoms with Gasteiger partial charge in [0.1, 0.15) is 49.0 Å². The van der Waals surface area contributed by atoms with Crippen molar-refractivity contribution in [1.82, 2.24) is 21.3 Å². The number of urea groups is 1. The van der Waals surface area contributed by atoms with Crippen LogP contribution in [0.3, 0.4) is 0 Å². The number of alkyl carbamates (subject to hydrolysis) is 1. The number of carbonyl (C=O) groups excluding carboxylic acids is 6.